The number of hydrogen-bond donors (Lipinski definition) is 2. The molecule has 1 aromatic rings. The second-order valence-corrected chi connectivity index (χ2v) is 6.42. The first-order valence-corrected chi connectivity index (χ1v) is 8.21. The lowest BCUT2D eigenvalue weighted by Gasteiger charge is -2.36. The van der Waals surface area contributed by atoms with Crippen LogP contribution in [0.15, 0.2) is 18.2 Å². The lowest BCUT2D eigenvalue weighted by atomic mass is 9.97. The zero-order chi connectivity index (χ0) is 15.2. The third-order valence-electron chi connectivity index (χ3n) is 4.53. The summed E-state index contributed by atoms with van der Waals surface area (Å²) in [5, 5.41) is 19.6. The van der Waals surface area contributed by atoms with E-state index in [1.165, 1.54) is 30.4 Å². The smallest absolute Gasteiger partial charge is 0.0802 e. The monoisotopic (exact) mass is 291 g/mol. The third-order valence-corrected chi connectivity index (χ3v) is 4.53. The summed E-state index contributed by atoms with van der Waals surface area (Å²) in [6.45, 7) is 6.43. The van der Waals surface area contributed by atoms with Crippen molar-refractivity contribution in [2.75, 3.05) is 19.7 Å². The Morgan fingerprint density at radius 2 is 1.90 bits per heavy atom. The van der Waals surface area contributed by atoms with Gasteiger partial charge in [0.25, 0.3) is 0 Å². The van der Waals surface area contributed by atoms with E-state index in [4.69, 9.17) is 0 Å². The molecule has 0 saturated carbocycles. The molecule has 1 aliphatic rings. The highest BCUT2D eigenvalue weighted by atomic mass is 16.3. The van der Waals surface area contributed by atoms with E-state index in [9.17, 15) is 10.2 Å². The molecule has 1 saturated heterocycles. The number of likely N-dealkylation sites (tertiary alicyclic amines) is 1. The van der Waals surface area contributed by atoms with E-state index in [1.54, 1.807) is 0 Å². The quantitative estimate of drug-likeness (QED) is 0.847. The molecule has 0 aromatic heterocycles. The molecule has 3 nitrogen and oxygen atoms in total. The topological polar surface area (TPSA) is 43.7 Å². The summed E-state index contributed by atoms with van der Waals surface area (Å²) >= 11 is 0. The van der Waals surface area contributed by atoms with E-state index in [0.29, 0.717) is 6.04 Å². The molecule has 118 valence electrons. The van der Waals surface area contributed by atoms with Crippen molar-refractivity contribution in [2.45, 2.75) is 58.1 Å². The summed E-state index contributed by atoms with van der Waals surface area (Å²) in [5.74, 6) is 0. The van der Waals surface area contributed by atoms with E-state index in [0.717, 1.165) is 31.5 Å². The molecule has 2 atom stereocenters. The molecule has 0 aliphatic carbocycles. The van der Waals surface area contributed by atoms with Gasteiger partial charge in [-0.15, -0.1) is 0 Å². The highest BCUT2D eigenvalue weighted by molar-refractivity contribution is 5.29. The van der Waals surface area contributed by atoms with Crippen LogP contribution in [0.25, 0.3) is 0 Å². The molecule has 1 aliphatic heterocycles. The van der Waals surface area contributed by atoms with Gasteiger partial charge < -0.3 is 15.1 Å². The average molecular weight is 291 g/mol. The Hall–Kier alpha value is -0.900. The van der Waals surface area contributed by atoms with Crippen molar-refractivity contribution in [2.24, 2.45) is 0 Å². The van der Waals surface area contributed by atoms with Crippen LogP contribution in [-0.2, 0) is 0 Å². The number of aliphatic hydroxyl groups excluding tert-OH is 2. The van der Waals surface area contributed by atoms with Crippen LogP contribution in [0.3, 0.4) is 0 Å². The van der Waals surface area contributed by atoms with Gasteiger partial charge >= 0.3 is 0 Å². The first-order valence-electron chi connectivity index (χ1n) is 8.21. The van der Waals surface area contributed by atoms with Crippen molar-refractivity contribution < 1.29 is 10.2 Å². The molecule has 2 N–H and O–H groups in total. The summed E-state index contributed by atoms with van der Waals surface area (Å²) < 4.78 is 0. The molecule has 0 radical (unpaired) electrons. The number of piperidine rings is 1. The summed E-state index contributed by atoms with van der Waals surface area (Å²) in [6.07, 6.45) is 4.92. The number of nitrogens with zero attached hydrogens (tertiary/aromatic N) is 1. The molecule has 21 heavy (non-hydrogen) atoms. The second kappa shape index (κ2) is 7.92. The van der Waals surface area contributed by atoms with E-state index in [-0.39, 0.29) is 12.7 Å². The molecule has 1 heterocycles. The van der Waals surface area contributed by atoms with Crippen LogP contribution in [0.2, 0.25) is 0 Å². The predicted molar refractivity (Wildman–Crippen MR) is 86.4 cm³/mol. The normalized spacial score (nSPS) is 21.4. The van der Waals surface area contributed by atoms with Gasteiger partial charge in [0, 0.05) is 19.2 Å². The van der Waals surface area contributed by atoms with E-state index in [1.807, 2.05) is 0 Å². The standard InChI is InChI=1S/C18H29NO2/c1-14-11-15(2)13-16(12-14)18(21)6-9-19-8-4-3-5-17(19)7-10-20/h11-13,17-18,20-21H,3-10H2,1-2H3. The zero-order valence-electron chi connectivity index (χ0n) is 13.4. The Bertz CT molecular complexity index is 425. The maximum atomic E-state index is 10.4. The van der Waals surface area contributed by atoms with E-state index < -0.39 is 0 Å². The van der Waals surface area contributed by atoms with Gasteiger partial charge in [-0.25, -0.2) is 0 Å². The van der Waals surface area contributed by atoms with Gasteiger partial charge in [-0.05, 0) is 51.6 Å². The molecule has 2 rings (SSSR count). The minimum Gasteiger partial charge on any atom is -0.396 e. The summed E-state index contributed by atoms with van der Waals surface area (Å²) in [7, 11) is 0. The maximum Gasteiger partial charge on any atom is 0.0802 e. The molecule has 0 amide bonds. The predicted octanol–water partition coefficient (Wildman–Crippen LogP) is 2.96. The van der Waals surface area contributed by atoms with Gasteiger partial charge in [-0.3, -0.25) is 0 Å². The van der Waals surface area contributed by atoms with Gasteiger partial charge in [0.05, 0.1) is 6.10 Å². The maximum absolute atomic E-state index is 10.4. The Labute approximate surface area is 128 Å². The van der Waals surface area contributed by atoms with Gasteiger partial charge in [0.2, 0.25) is 0 Å². The number of benzene rings is 1. The van der Waals surface area contributed by atoms with Crippen molar-refractivity contribution in [1.82, 2.24) is 4.90 Å². The van der Waals surface area contributed by atoms with E-state index in [2.05, 4.69) is 36.9 Å². The minimum absolute atomic E-state index is 0.265. The highest BCUT2D eigenvalue weighted by Crippen LogP contribution is 2.24. The third kappa shape index (κ3) is 4.80. The van der Waals surface area contributed by atoms with Crippen LogP contribution in [0.5, 0.6) is 0 Å². The Morgan fingerprint density at radius 3 is 2.57 bits per heavy atom. The number of aliphatic hydroxyl groups is 2. The zero-order valence-corrected chi connectivity index (χ0v) is 13.4. The van der Waals surface area contributed by atoms with E-state index >= 15 is 0 Å². The average Bonchev–Trinajstić information content (AvgIpc) is 2.45. The van der Waals surface area contributed by atoms with Crippen molar-refractivity contribution in [3.8, 4) is 0 Å². The number of rotatable bonds is 6. The molecule has 0 bridgehead atoms. The first-order chi connectivity index (χ1) is 10.1. The van der Waals surface area contributed by atoms with Gasteiger partial charge in [-0.2, -0.15) is 0 Å². The summed E-state index contributed by atoms with van der Waals surface area (Å²) in [5.41, 5.74) is 3.45. The van der Waals surface area contributed by atoms with Crippen molar-refractivity contribution >= 4 is 0 Å². The Balaban J connectivity index is 1.91. The summed E-state index contributed by atoms with van der Waals surface area (Å²) in [4.78, 5) is 2.45. The summed E-state index contributed by atoms with van der Waals surface area (Å²) in [6, 6.07) is 6.80. The molecule has 1 fully saturated rings. The fourth-order valence-corrected chi connectivity index (χ4v) is 3.49. The molecule has 0 spiro atoms. The number of hydrogen-bond acceptors (Lipinski definition) is 3. The molecular formula is C18H29NO2. The van der Waals surface area contributed by atoms with Crippen LogP contribution in [0.4, 0.5) is 0 Å². The second-order valence-electron chi connectivity index (χ2n) is 6.42. The van der Waals surface area contributed by atoms with Crippen molar-refractivity contribution in [3.63, 3.8) is 0 Å². The molecule has 3 heteroatoms. The van der Waals surface area contributed by atoms with Crippen molar-refractivity contribution in [1.29, 1.82) is 0 Å². The van der Waals surface area contributed by atoms with Crippen LogP contribution in [0, 0.1) is 13.8 Å². The number of aryl methyl sites for hydroxylation is 2. The lowest BCUT2D eigenvalue weighted by molar-refractivity contribution is 0.0891. The SMILES string of the molecule is Cc1cc(C)cc(C(O)CCN2CCCCC2CCO)c1. The first kappa shape index (κ1) is 16.5. The highest BCUT2D eigenvalue weighted by Gasteiger charge is 2.22. The molecular weight excluding hydrogens is 262 g/mol. The fraction of sp³-hybridized carbons (Fsp3) is 0.667. The minimum atomic E-state index is -0.389. The Kier molecular flexibility index (Phi) is 6.22. The van der Waals surface area contributed by atoms with Crippen LogP contribution < -0.4 is 0 Å². The van der Waals surface area contributed by atoms with Crippen LogP contribution in [0.1, 0.15) is 54.9 Å². The molecule has 1 aromatic carbocycles. The van der Waals surface area contributed by atoms with Gasteiger partial charge in [-0.1, -0.05) is 35.7 Å². The van der Waals surface area contributed by atoms with Crippen LogP contribution >= 0.6 is 0 Å². The fourth-order valence-electron chi connectivity index (χ4n) is 3.49. The largest absolute Gasteiger partial charge is 0.396 e. The van der Waals surface area contributed by atoms with Gasteiger partial charge in [0.1, 0.15) is 0 Å². The van der Waals surface area contributed by atoms with Gasteiger partial charge in [0.15, 0.2) is 0 Å². The Morgan fingerprint density at radius 1 is 1.19 bits per heavy atom. The lowest BCUT2D eigenvalue weighted by Crippen LogP contribution is -2.41. The van der Waals surface area contributed by atoms with Crippen LogP contribution in [-0.4, -0.2) is 40.9 Å². The van der Waals surface area contributed by atoms with Crippen molar-refractivity contribution in [3.05, 3.63) is 34.9 Å². The molecule has 2 unspecified atom stereocenters.